The van der Waals surface area contributed by atoms with E-state index in [-0.39, 0.29) is 18.0 Å². The zero-order valence-electron chi connectivity index (χ0n) is 20.6. The van der Waals surface area contributed by atoms with Crippen LogP contribution in [0.2, 0.25) is 0 Å². The lowest BCUT2D eigenvalue weighted by molar-refractivity contribution is 0.269. The SMILES string of the molecule is CCOc1cc(C=Nn2c(C(C)(C)C)nc3ccc(Br)cc3c2=O)ccc1OCc1ccc(F)cc1. The molecule has 0 aliphatic heterocycles. The van der Waals surface area contributed by atoms with Crippen molar-refractivity contribution in [1.29, 1.82) is 0 Å². The average Bonchev–Trinajstić information content (AvgIpc) is 2.83. The number of nitrogens with zero attached hydrogens (tertiary/aromatic N) is 3. The van der Waals surface area contributed by atoms with Crippen LogP contribution in [0.15, 0.2) is 75.0 Å². The topological polar surface area (TPSA) is 65.7 Å². The third-order valence-electron chi connectivity index (χ3n) is 5.38. The van der Waals surface area contributed by atoms with Crippen LogP contribution in [0.5, 0.6) is 11.5 Å². The second-order valence-corrected chi connectivity index (χ2v) is 10.2. The maximum absolute atomic E-state index is 13.4. The minimum atomic E-state index is -0.410. The highest BCUT2D eigenvalue weighted by Gasteiger charge is 2.23. The van der Waals surface area contributed by atoms with Gasteiger partial charge in [-0.2, -0.15) is 9.78 Å². The second-order valence-electron chi connectivity index (χ2n) is 9.26. The standard InChI is InChI=1S/C28H27BrFN3O3/c1-5-35-25-14-19(8-13-24(25)36-17-18-6-10-21(30)11-7-18)16-31-33-26(34)22-15-20(29)9-12-23(22)32-27(33)28(2,3)4/h6-16H,5,17H2,1-4H3. The molecule has 0 saturated heterocycles. The van der Waals surface area contributed by atoms with Gasteiger partial charge in [0, 0.05) is 9.89 Å². The molecule has 1 aromatic heterocycles. The van der Waals surface area contributed by atoms with Gasteiger partial charge in [0.05, 0.1) is 23.7 Å². The molecular weight excluding hydrogens is 525 g/mol. The zero-order chi connectivity index (χ0) is 25.9. The molecule has 4 aromatic rings. The van der Waals surface area contributed by atoms with Crippen LogP contribution in [0.3, 0.4) is 0 Å². The van der Waals surface area contributed by atoms with E-state index in [2.05, 4.69) is 21.0 Å². The molecule has 0 atom stereocenters. The summed E-state index contributed by atoms with van der Waals surface area (Å²) in [5.41, 5.74) is 1.54. The van der Waals surface area contributed by atoms with E-state index >= 15 is 0 Å². The van der Waals surface area contributed by atoms with Crippen molar-refractivity contribution in [2.24, 2.45) is 5.10 Å². The van der Waals surface area contributed by atoms with E-state index in [4.69, 9.17) is 14.5 Å². The maximum atomic E-state index is 13.4. The van der Waals surface area contributed by atoms with Gasteiger partial charge in [0.2, 0.25) is 0 Å². The largest absolute Gasteiger partial charge is 0.490 e. The summed E-state index contributed by atoms with van der Waals surface area (Å²) >= 11 is 3.43. The van der Waals surface area contributed by atoms with Crippen molar-refractivity contribution in [2.45, 2.75) is 39.7 Å². The zero-order valence-corrected chi connectivity index (χ0v) is 22.2. The van der Waals surface area contributed by atoms with Crippen LogP contribution < -0.4 is 15.0 Å². The summed E-state index contributed by atoms with van der Waals surface area (Å²) in [6.45, 7) is 8.59. The van der Waals surface area contributed by atoms with Gasteiger partial charge >= 0.3 is 0 Å². The van der Waals surface area contributed by atoms with E-state index in [0.29, 0.717) is 34.8 Å². The van der Waals surface area contributed by atoms with E-state index < -0.39 is 5.41 Å². The number of rotatable bonds is 7. The van der Waals surface area contributed by atoms with E-state index in [1.807, 2.05) is 45.9 Å². The van der Waals surface area contributed by atoms with Crippen molar-refractivity contribution >= 4 is 33.0 Å². The Labute approximate surface area is 217 Å². The van der Waals surface area contributed by atoms with Gasteiger partial charge in [-0.15, -0.1) is 0 Å². The maximum Gasteiger partial charge on any atom is 0.282 e. The Hall–Kier alpha value is -3.52. The molecule has 4 rings (SSSR count). The molecule has 186 valence electrons. The lowest BCUT2D eigenvalue weighted by atomic mass is 9.95. The number of aromatic nitrogens is 2. The number of halogens is 2. The molecule has 36 heavy (non-hydrogen) atoms. The molecule has 6 nitrogen and oxygen atoms in total. The van der Waals surface area contributed by atoms with Crippen LogP contribution in [0.1, 0.15) is 44.6 Å². The Morgan fingerprint density at radius 3 is 2.47 bits per heavy atom. The minimum absolute atomic E-state index is 0.244. The van der Waals surface area contributed by atoms with Gasteiger partial charge in [-0.05, 0) is 66.6 Å². The summed E-state index contributed by atoms with van der Waals surface area (Å²) in [7, 11) is 0. The Morgan fingerprint density at radius 1 is 1.03 bits per heavy atom. The van der Waals surface area contributed by atoms with Gasteiger partial charge in [-0.1, -0.05) is 48.8 Å². The second kappa shape index (κ2) is 10.6. The van der Waals surface area contributed by atoms with Crippen LogP contribution in [0.4, 0.5) is 4.39 Å². The van der Waals surface area contributed by atoms with Crippen LogP contribution in [0.25, 0.3) is 10.9 Å². The fraction of sp³-hybridized carbons (Fsp3) is 0.250. The van der Waals surface area contributed by atoms with Crippen LogP contribution >= 0.6 is 15.9 Å². The molecule has 0 saturated carbocycles. The van der Waals surface area contributed by atoms with Crippen LogP contribution in [-0.2, 0) is 12.0 Å². The Kier molecular flexibility index (Phi) is 7.54. The van der Waals surface area contributed by atoms with Crippen molar-refractivity contribution in [2.75, 3.05) is 6.61 Å². The van der Waals surface area contributed by atoms with Crippen molar-refractivity contribution in [3.63, 3.8) is 0 Å². The predicted octanol–water partition coefficient (Wildman–Crippen LogP) is 6.46. The highest BCUT2D eigenvalue weighted by atomic mass is 79.9. The molecule has 8 heteroatoms. The van der Waals surface area contributed by atoms with Crippen LogP contribution in [-0.4, -0.2) is 22.5 Å². The summed E-state index contributed by atoms with van der Waals surface area (Å²) < 4.78 is 27.0. The first-order valence-corrected chi connectivity index (χ1v) is 12.4. The van der Waals surface area contributed by atoms with Crippen molar-refractivity contribution in [3.05, 3.63) is 98.3 Å². The van der Waals surface area contributed by atoms with E-state index in [1.165, 1.54) is 16.8 Å². The fourth-order valence-corrected chi connectivity index (χ4v) is 3.96. The van der Waals surface area contributed by atoms with Gasteiger partial charge in [0.1, 0.15) is 18.2 Å². The third kappa shape index (κ3) is 5.82. The highest BCUT2D eigenvalue weighted by Crippen LogP contribution is 2.29. The average molecular weight is 552 g/mol. The molecule has 0 aliphatic rings. The Balaban J connectivity index is 1.67. The Bertz CT molecular complexity index is 1470. The first kappa shape index (κ1) is 25.6. The summed E-state index contributed by atoms with van der Waals surface area (Å²) in [6, 6.07) is 17.0. The molecular formula is C28H27BrFN3O3. The molecule has 0 fully saturated rings. The van der Waals surface area contributed by atoms with Gasteiger partial charge in [-0.3, -0.25) is 4.79 Å². The van der Waals surface area contributed by atoms with Crippen molar-refractivity contribution in [1.82, 2.24) is 9.66 Å². The number of ether oxygens (including phenoxy) is 2. The molecule has 1 heterocycles. The summed E-state index contributed by atoms with van der Waals surface area (Å²) in [6.07, 6.45) is 1.61. The van der Waals surface area contributed by atoms with Gasteiger partial charge in [-0.25, -0.2) is 9.37 Å². The Morgan fingerprint density at radius 2 is 1.78 bits per heavy atom. The van der Waals surface area contributed by atoms with E-state index in [1.54, 1.807) is 36.5 Å². The number of hydrogen-bond acceptors (Lipinski definition) is 5. The van der Waals surface area contributed by atoms with Crippen molar-refractivity contribution < 1.29 is 13.9 Å². The normalized spacial score (nSPS) is 11.8. The molecule has 0 bridgehead atoms. The highest BCUT2D eigenvalue weighted by molar-refractivity contribution is 9.10. The molecule has 0 spiro atoms. The summed E-state index contributed by atoms with van der Waals surface area (Å²) in [4.78, 5) is 18.1. The number of benzene rings is 3. The smallest absolute Gasteiger partial charge is 0.282 e. The fourth-order valence-electron chi connectivity index (χ4n) is 3.60. The van der Waals surface area contributed by atoms with E-state index in [0.717, 1.165) is 15.6 Å². The number of hydrogen-bond donors (Lipinski definition) is 0. The molecule has 0 aliphatic carbocycles. The lowest BCUT2D eigenvalue weighted by Crippen LogP contribution is -2.29. The summed E-state index contributed by atoms with van der Waals surface area (Å²) in [5, 5.41) is 5.01. The summed E-state index contributed by atoms with van der Waals surface area (Å²) in [5.74, 6) is 1.37. The van der Waals surface area contributed by atoms with Gasteiger partial charge < -0.3 is 9.47 Å². The van der Waals surface area contributed by atoms with E-state index in [9.17, 15) is 9.18 Å². The molecule has 0 amide bonds. The number of fused-ring (bicyclic) bond motifs is 1. The molecule has 0 radical (unpaired) electrons. The quantitative estimate of drug-likeness (QED) is 0.247. The van der Waals surface area contributed by atoms with Crippen molar-refractivity contribution in [3.8, 4) is 11.5 Å². The predicted molar refractivity (Wildman–Crippen MR) is 144 cm³/mol. The lowest BCUT2D eigenvalue weighted by Gasteiger charge is -2.21. The minimum Gasteiger partial charge on any atom is -0.490 e. The molecule has 0 N–H and O–H groups in total. The first-order chi connectivity index (χ1) is 17.2. The van der Waals surface area contributed by atoms with Gasteiger partial charge in [0.15, 0.2) is 11.5 Å². The monoisotopic (exact) mass is 551 g/mol. The molecule has 3 aromatic carbocycles. The first-order valence-electron chi connectivity index (χ1n) is 11.6. The molecule has 0 unspecified atom stereocenters. The van der Waals surface area contributed by atoms with Crippen LogP contribution in [0, 0.1) is 5.82 Å². The van der Waals surface area contributed by atoms with Gasteiger partial charge in [0.25, 0.3) is 5.56 Å². The third-order valence-corrected chi connectivity index (χ3v) is 5.87.